The molecule has 0 fully saturated rings. The summed E-state index contributed by atoms with van der Waals surface area (Å²) in [5.41, 5.74) is 7.40. The molecule has 1 rings (SSSR count). The van der Waals surface area contributed by atoms with Gasteiger partial charge in [0.25, 0.3) is 0 Å². The van der Waals surface area contributed by atoms with Crippen molar-refractivity contribution in [2.24, 2.45) is 5.92 Å². The van der Waals surface area contributed by atoms with Crippen LogP contribution in [0.5, 0.6) is 0 Å². The Bertz CT molecular complexity index is 329. The molecule has 0 aromatic carbocycles. The third-order valence-corrected chi connectivity index (χ3v) is 1.96. The molecule has 0 aliphatic heterocycles. The van der Waals surface area contributed by atoms with Crippen molar-refractivity contribution < 1.29 is 9.90 Å². The standard InChI is InChI=1S/C10H16N2O2/c1-6(2)3-7-4-8(5-9(13)14)12-10(7)11/h4,6,12H,3,5,11H2,1-2H3,(H,13,14). The monoisotopic (exact) mass is 196 g/mol. The average Bonchev–Trinajstić information content (AvgIpc) is 2.28. The number of aliphatic carboxylic acids is 1. The number of nitrogens with one attached hydrogen (secondary N) is 1. The van der Waals surface area contributed by atoms with Crippen molar-refractivity contribution >= 4 is 11.8 Å². The number of carboxylic acids is 1. The van der Waals surface area contributed by atoms with E-state index in [2.05, 4.69) is 18.8 Å². The third-order valence-electron chi connectivity index (χ3n) is 1.96. The summed E-state index contributed by atoms with van der Waals surface area (Å²) in [6.07, 6.45) is 0.879. The van der Waals surface area contributed by atoms with Gasteiger partial charge in [-0.15, -0.1) is 0 Å². The molecule has 0 saturated carbocycles. The number of carboxylic acid groups (broad SMARTS) is 1. The van der Waals surface area contributed by atoms with E-state index in [1.54, 1.807) is 0 Å². The molecule has 4 heteroatoms. The highest BCUT2D eigenvalue weighted by molar-refractivity contribution is 5.70. The molecular weight excluding hydrogens is 180 g/mol. The maximum Gasteiger partial charge on any atom is 0.309 e. The molecular formula is C10H16N2O2. The lowest BCUT2D eigenvalue weighted by Crippen LogP contribution is -2.00. The first-order valence-corrected chi connectivity index (χ1v) is 4.67. The number of rotatable bonds is 4. The van der Waals surface area contributed by atoms with Crippen LogP contribution in [-0.2, 0) is 17.6 Å². The Hall–Kier alpha value is -1.45. The molecule has 0 bridgehead atoms. The molecule has 14 heavy (non-hydrogen) atoms. The molecule has 0 amide bonds. The zero-order valence-electron chi connectivity index (χ0n) is 8.50. The van der Waals surface area contributed by atoms with E-state index in [0.29, 0.717) is 17.4 Å². The van der Waals surface area contributed by atoms with Crippen molar-refractivity contribution in [1.82, 2.24) is 4.98 Å². The smallest absolute Gasteiger partial charge is 0.309 e. The molecule has 1 aromatic heterocycles. The van der Waals surface area contributed by atoms with Crippen LogP contribution >= 0.6 is 0 Å². The predicted molar refractivity (Wildman–Crippen MR) is 55.1 cm³/mol. The quantitative estimate of drug-likeness (QED) is 0.681. The Balaban J connectivity index is 2.76. The number of H-pyrrole nitrogens is 1. The molecule has 0 aliphatic carbocycles. The fourth-order valence-corrected chi connectivity index (χ4v) is 1.44. The first-order valence-electron chi connectivity index (χ1n) is 4.67. The second-order valence-corrected chi connectivity index (χ2v) is 3.90. The minimum Gasteiger partial charge on any atom is -0.481 e. The van der Waals surface area contributed by atoms with Crippen LogP contribution in [0.15, 0.2) is 6.07 Å². The summed E-state index contributed by atoms with van der Waals surface area (Å²) in [4.78, 5) is 13.3. The van der Waals surface area contributed by atoms with E-state index >= 15 is 0 Å². The summed E-state index contributed by atoms with van der Waals surface area (Å²) < 4.78 is 0. The Morgan fingerprint density at radius 3 is 2.79 bits per heavy atom. The van der Waals surface area contributed by atoms with E-state index in [-0.39, 0.29) is 6.42 Å². The number of hydrogen-bond donors (Lipinski definition) is 3. The van der Waals surface area contributed by atoms with Gasteiger partial charge in [0.2, 0.25) is 0 Å². The van der Waals surface area contributed by atoms with Crippen molar-refractivity contribution in [2.45, 2.75) is 26.7 Å². The van der Waals surface area contributed by atoms with E-state index in [0.717, 1.165) is 12.0 Å². The Morgan fingerprint density at radius 1 is 1.64 bits per heavy atom. The summed E-state index contributed by atoms with van der Waals surface area (Å²) in [6.45, 7) is 4.20. The minimum absolute atomic E-state index is 0.00228. The summed E-state index contributed by atoms with van der Waals surface area (Å²) in [6, 6.07) is 1.84. The van der Waals surface area contributed by atoms with E-state index < -0.39 is 5.97 Å². The van der Waals surface area contributed by atoms with Gasteiger partial charge < -0.3 is 15.8 Å². The maximum atomic E-state index is 10.5. The van der Waals surface area contributed by atoms with Crippen LogP contribution in [-0.4, -0.2) is 16.1 Å². The number of aromatic nitrogens is 1. The van der Waals surface area contributed by atoms with Gasteiger partial charge in [-0.1, -0.05) is 13.8 Å². The van der Waals surface area contributed by atoms with Crippen LogP contribution in [0.4, 0.5) is 5.82 Å². The van der Waals surface area contributed by atoms with Gasteiger partial charge in [-0.25, -0.2) is 0 Å². The lowest BCUT2D eigenvalue weighted by molar-refractivity contribution is -0.136. The van der Waals surface area contributed by atoms with Crippen LogP contribution in [0.2, 0.25) is 0 Å². The highest BCUT2D eigenvalue weighted by Crippen LogP contribution is 2.17. The van der Waals surface area contributed by atoms with E-state index in [9.17, 15) is 4.79 Å². The highest BCUT2D eigenvalue weighted by atomic mass is 16.4. The summed E-state index contributed by atoms with van der Waals surface area (Å²) in [7, 11) is 0. The number of nitrogen functional groups attached to an aromatic ring is 1. The molecule has 0 unspecified atom stereocenters. The first kappa shape index (κ1) is 10.6. The van der Waals surface area contributed by atoms with E-state index in [1.165, 1.54) is 0 Å². The minimum atomic E-state index is -0.845. The van der Waals surface area contributed by atoms with Crippen molar-refractivity contribution in [3.8, 4) is 0 Å². The lowest BCUT2D eigenvalue weighted by atomic mass is 10.0. The molecule has 0 saturated heterocycles. The van der Waals surface area contributed by atoms with Gasteiger partial charge in [0.15, 0.2) is 0 Å². The normalized spacial score (nSPS) is 10.8. The number of anilines is 1. The second kappa shape index (κ2) is 4.17. The van der Waals surface area contributed by atoms with Crippen molar-refractivity contribution in [2.75, 3.05) is 5.73 Å². The fourth-order valence-electron chi connectivity index (χ4n) is 1.44. The molecule has 0 aliphatic rings. The topological polar surface area (TPSA) is 79.1 Å². The molecule has 78 valence electrons. The Labute approximate surface area is 83.1 Å². The van der Waals surface area contributed by atoms with Crippen LogP contribution in [0, 0.1) is 5.92 Å². The van der Waals surface area contributed by atoms with Crippen molar-refractivity contribution in [3.63, 3.8) is 0 Å². The lowest BCUT2D eigenvalue weighted by Gasteiger charge is -2.01. The zero-order valence-corrected chi connectivity index (χ0v) is 8.50. The molecule has 1 aromatic rings. The van der Waals surface area contributed by atoms with E-state index in [1.807, 2.05) is 6.07 Å². The van der Waals surface area contributed by atoms with Gasteiger partial charge >= 0.3 is 5.97 Å². The summed E-state index contributed by atoms with van der Waals surface area (Å²) >= 11 is 0. The molecule has 0 radical (unpaired) electrons. The Morgan fingerprint density at radius 2 is 2.29 bits per heavy atom. The average molecular weight is 196 g/mol. The van der Waals surface area contributed by atoms with Crippen LogP contribution in [0.3, 0.4) is 0 Å². The second-order valence-electron chi connectivity index (χ2n) is 3.90. The van der Waals surface area contributed by atoms with Crippen molar-refractivity contribution in [1.29, 1.82) is 0 Å². The number of aromatic amines is 1. The summed E-state index contributed by atoms with van der Waals surface area (Å²) in [5.74, 6) is 0.267. The zero-order chi connectivity index (χ0) is 10.7. The van der Waals surface area contributed by atoms with Gasteiger partial charge in [0.05, 0.1) is 6.42 Å². The van der Waals surface area contributed by atoms with Crippen molar-refractivity contribution in [3.05, 3.63) is 17.3 Å². The van der Waals surface area contributed by atoms with E-state index in [4.69, 9.17) is 10.8 Å². The first-order chi connectivity index (χ1) is 6.49. The number of hydrogen-bond acceptors (Lipinski definition) is 2. The number of carbonyl (C=O) groups is 1. The maximum absolute atomic E-state index is 10.5. The highest BCUT2D eigenvalue weighted by Gasteiger charge is 2.09. The molecule has 0 spiro atoms. The SMILES string of the molecule is CC(C)Cc1cc(CC(=O)O)[nH]c1N. The van der Waals surface area contributed by atoms with Crippen LogP contribution in [0.1, 0.15) is 25.1 Å². The molecule has 4 N–H and O–H groups in total. The largest absolute Gasteiger partial charge is 0.481 e. The summed E-state index contributed by atoms with van der Waals surface area (Å²) in [5, 5.41) is 8.59. The third kappa shape index (κ3) is 2.80. The van der Waals surface area contributed by atoms with Gasteiger partial charge in [-0.2, -0.15) is 0 Å². The van der Waals surface area contributed by atoms with Crippen LogP contribution in [0.25, 0.3) is 0 Å². The van der Waals surface area contributed by atoms with Crippen LogP contribution < -0.4 is 5.73 Å². The Kier molecular flexibility index (Phi) is 3.17. The fraction of sp³-hybridized carbons (Fsp3) is 0.500. The van der Waals surface area contributed by atoms with Gasteiger partial charge in [-0.3, -0.25) is 4.79 Å². The number of nitrogens with two attached hydrogens (primary N) is 1. The van der Waals surface area contributed by atoms with Gasteiger partial charge in [0.1, 0.15) is 5.82 Å². The predicted octanol–water partition coefficient (Wildman–Crippen LogP) is 1.42. The molecule has 1 heterocycles. The molecule has 4 nitrogen and oxygen atoms in total. The van der Waals surface area contributed by atoms with Gasteiger partial charge in [-0.05, 0) is 24.0 Å². The van der Waals surface area contributed by atoms with Gasteiger partial charge in [0, 0.05) is 5.69 Å². The molecule has 0 atom stereocenters.